The predicted octanol–water partition coefficient (Wildman–Crippen LogP) is 2.46. The highest BCUT2D eigenvalue weighted by Gasteiger charge is 2.31. The van der Waals surface area contributed by atoms with E-state index in [1.54, 1.807) is 6.92 Å². The first-order valence-electron chi connectivity index (χ1n) is 6.46. The first-order chi connectivity index (χ1) is 9.60. The van der Waals surface area contributed by atoms with Crippen molar-refractivity contribution in [2.75, 3.05) is 5.75 Å². The van der Waals surface area contributed by atoms with Gasteiger partial charge in [0.15, 0.2) is 0 Å². The zero-order valence-electron chi connectivity index (χ0n) is 11.7. The first-order valence-corrected chi connectivity index (χ1v) is 8.11. The minimum Gasteiger partial charge on any atom is -0.387 e. The Labute approximate surface area is 122 Å². The van der Waals surface area contributed by atoms with Gasteiger partial charge in [-0.05, 0) is 31.0 Å². The number of sulfonamides is 1. The molecule has 0 amide bonds. The number of alkyl halides is 3. The summed E-state index contributed by atoms with van der Waals surface area (Å²) in [4.78, 5) is 0. The van der Waals surface area contributed by atoms with Crippen molar-refractivity contribution in [2.24, 2.45) is 0 Å². The van der Waals surface area contributed by atoms with E-state index in [2.05, 4.69) is 4.72 Å². The van der Waals surface area contributed by atoms with Gasteiger partial charge in [-0.15, -0.1) is 0 Å². The van der Waals surface area contributed by atoms with Crippen LogP contribution in [0.25, 0.3) is 0 Å². The van der Waals surface area contributed by atoms with E-state index in [4.69, 9.17) is 0 Å². The SMILES string of the molecule is CCC(NS(=O)(=O)CC)C(O)c1ccc(C(F)(F)F)cc1. The van der Waals surface area contributed by atoms with Gasteiger partial charge in [-0.1, -0.05) is 19.1 Å². The van der Waals surface area contributed by atoms with E-state index in [0.717, 1.165) is 24.3 Å². The number of halogens is 3. The Kier molecular flexibility index (Phi) is 5.77. The van der Waals surface area contributed by atoms with Crippen LogP contribution in [0.5, 0.6) is 0 Å². The van der Waals surface area contributed by atoms with Crippen molar-refractivity contribution in [1.29, 1.82) is 0 Å². The molecule has 1 aromatic carbocycles. The van der Waals surface area contributed by atoms with Crippen LogP contribution in [0.1, 0.15) is 37.5 Å². The molecule has 0 saturated heterocycles. The summed E-state index contributed by atoms with van der Waals surface area (Å²) in [7, 11) is -3.51. The van der Waals surface area contributed by atoms with E-state index in [-0.39, 0.29) is 11.3 Å². The monoisotopic (exact) mass is 325 g/mol. The van der Waals surface area contributed by atoms with Crippen molar-refractivity contribution < 1.29 is 26.7 Å². The van der Waals surface area contributed by atoms with Gasteiger partial charge >= 0.3 is 6.18 Å². The highest BCUT2D eigenvalue weighted by atomic mass is 32.2. The van der Waals surface area contributed by atoms with Crippen LogP contribution in [-0.2, 0) is 16.2 Å². The van der Waals surface area contributed by atoms with Gasteiger partial charge in [0.25, 0.3) is 0 Å². The molecule has 0 radical (unpaired) electrons. The molecule has 2 N–H and O–H groups in total. The lowest BCUT2D eigenvalue weighted by atomic mass is 10.00. The molecule has 0 saturated carbocycles. The third kappa shape index (κ3) is 4.98. The van der Waals surface area contributed by atoms with Gasteiger partial charge in [-0.25, -0.2) is 13.1 Å². The van der Waals surface area contributed by atoms with Crippen LogP contribution in [0.15, 0.2) is 24.3 Å². The molecule has 2 unspecified atom stereocenters. The Bertz CT molecular complexity index is 555. The van der Waals surface area contributed by atoms with Gasteiger partial charge < -0.3 is 5.11 Å². The molecule has 21 heavy (non-hydrogen) atoms. The zero-order chi connectivity index (χ0) is 16.3. The van der Waals surface area contributed by atoms with Crippen LogP contribution >= 0.6 is 0 Å². The lowest BCUT2D eigenvalue weighted by Gasteiger charge is -2.23. The van der Waals surface area contributed by atoms with Crippen molar-refractivity contribution in [1.82, 2.24) is 4.72 Å². The van der Waals surface area contributed by atoms with E-state index in [9.17, 15) is 26.7 Å². The maximum atomic E-state index is 12.5. The number of benzene rings is 1. The standard InChI is InChI=1S/C13H18F3NO3S/c1-3-11(17-21(19,20)4-2)12(18)9-5-7-10(8-6-9)13(14,15)16/h5-8,11-12,17-18H,3-4H2,1-2H3. The number of hydrogen-bond acceptors (Lipinski definition) is 3. The second-order valence-electron chi connectivity index (χ2n) is 4.60. The van der Waals surface area contributed by atoms with Crippen LogP contribution < -0.4 is 4.72 Å². The number of aliphatic hydroxyl groups is 1. The summed E-state index contributed by atoms with van der Waals surface area (Å²) >= 11 is 0. The molecule has 0 aliphatic carbocycles. The number of rotatable bonds is 6. The normalized spacial score (nSPS) is 15.7. The topological polar surface area (TPSA) is 66.4 Å². The third-order valence-corrected chi connectivity index (χ3v) is 4.53. The van der Waals surface area contributed by atoms with Gasteiger partial charge in [0.1, 0.15) is 0 Å². The molecule has 4 nitrogen and oxygen atoms in total. The molecule has 1 rings (SSSR count). The Morgan fingerprint density at radius 3 is 2.10 bits per heavy atom. The van der Waals surface area contributed by atoms with Gasteiger partial charge in [0, 0.05) is 0 Å². The average Bonchev–Trinajstić information content (AvgIpc) is 2.43. The molecule has 0 heterocycles. The lowest BCUT2D eigenvalue weighted by Crippen LogP contribution is -2.39. The summed E-state index contributed by atoms with van der Waals surface area (Å²) in [6.45, 7) is 3.13. The Morgan fingerprint density at radius 2 is 1.71 bits per heavy atom. The molecule has 120 valence electrons. The van der Waals surface area contributed by atoms with Crippen LogP contribution in [-0.4, -0.2) is 25.3 Å². The Hall–Kier alpha value is -1.12. The Morgan fingerprint density at radius 1 is 1.19 bits per heavy atom. The largest absolute Gasteiger partial charge is 0.416 e. The van der Waals surface area contributed by atoms with Gasteiger partial charge in [-0.2, -0.15) is 13.2 Å². The molecule has 0 aliphatic heterocycles. The summed E-state index contributed by atoms with van der Waals surface area (Å²) in [6.07, 6.45) is -5.35. The summed E-state index contributed by atoms with van der Waals surface area (Å²) in [6, 6.07) is 3.23. The molecular formula is C13H18F3NO3S. The second kappa shape index (κ2) is 6.76. The quantitative estimate of drug-likeness (QED) is 0.844. The van der Waals surface area contributed by atoms with E-state index in [1.165, 1.54) is 6.92 Å². The van der Waals surface area contributed by atoms with E-state index in [1.807, 2.05) is 0 Å². The highest BCUT2D eigenvalue weighted by Crippen LogP contribution is 2.30. The maximum absolute atomic E-state index is 12.5. The van der Waals surface area contributed by atoms with E-state index >= 15 is 0 Å². The average molecular weight is 325 g/mol. The molecule has 0 aromatic heterocycles. The molecule has 0 fully saturated rings. The number of nitrogens with one attached hydrogen (secondary N) is 1. The summed E-state index contributed by atoms with van der Waals surface area (Å²) in [5, 5.41) is 10.1. The fourth-order valence-corrected chi connectivity index (χ4v) is 2.71. The zero-order valence-corrected chi connectivity index (χ0v) is 12.5. The molecule has 0 aliphatic rings. The van der Waals surface area contributed by atoms with Crippen LogP contribution in [0.3, 0.4) is 0 Å². The van der Waals surface area contributed by atoms with Crippen LogP contribution in [0.2, 0.25) is 0 Å². The van der Waals surface area contributed by atoms with Crippen molar-refractivity contribution in [2.45, 2.75) is 38.6 Å². The van der Waals surface area contributed by atoms with Crippen molar-refractivity contribution in [3.05, 3.63) is 35.4 Å². The number of hydrogen-bond donors (Lipinski definition) is 2. The molecule has 2 atom stereocenters. The second-order valence-corrected chi connectivity index (χ2v) is 6.64. The molecule has 8 heteroatoms. The third-order valence-electron chi connectivity index (χ3n) is 3.11. The fourth-order valence-electron chi connectivity index (χ4n) is 1.79. The molecular weight excluding hydrogens is 307 g/mol. The minimum atomic E-state index is -4.45. The fraction of sp³-hybridized carbons (Fsp3) is 0.538. The van der Waals surface area contributed by atoms with Crippen molar-refractivity contribution in [3.8, 4) is 0 Å². The lowest BCUT2D eigenvalue weighted by molar-refractivity contribution is -0.137. The smallest absolute Gasteiger partial charge is 0.387 e. The van der Waals surface area contributed by atoms with Gasteiger partial charge in [0.2, 0.25) is 10.0 Å². The predicted molar refractivity (Wildman–Crippen MR) is 73.1 cm³/mol. The van der Waals surface area contributed by atoms with Gasteiger partial charge in [0.05, 0.1) is 23.5 Å². The summed E-state index contributed by atoms with van der Waals surface area (Å²) < 4.78 is 62.8. The molecule has 0 spiro atoms. The van der Waals surface area contributed by atoms with E-state index in [0.29, 0.717) is 6.42 Å². The van der Waals surface area contributed by atoms with Crippen molar-refractivity contribution >= 4 is 10.0 Å². The highest BCUT2D eigenvalue weighted by molar-refractivity contribution is 7.89. The summed E-state index contributed by atoms with van der Waals surface area (Å²) in [5.74, 6) is -0.136. The van der Waals surface area contributed by atoms with Crippen molar-refractivity contribution in [3.63, 3.8) is 0 Å². The maximum Gasteiger partial charge on any atom is 0.416 e. The number of aliphatic hydroxyl groups excluding tert-OH is 1. The molecule has 1 aromatic rings. The first kappa shape index (κ1) is 17.9. The van der Waals surface area contributed by atoms with Crippen LogP contribution in [0.4, 0.5) is 13.2 Å². The minimum absolute atomic E-state index is 0.136. The van der Waals surface area contributed by atoms with E-state index < -0.39 is 33.9 Å². The molecule has 0 bridgehead atoms. The van der Waals surface area contributed by atoms with Gasteiger partial charge in [-0.3, -0.25) is 0 Å². The Balaban J connectivity index is 2.93. The van der Waals surface area contributed by atoms with Crippen LogP contribution in [0, 0.1) is 0 Å². The summed E-state index contributed by atoms with van der Waals surface area (Å²) in [5.41, 5.74) is -0.589.